The minimum atomic E-state index is -0.366. The SMILES string of the molecule is C=CC(=O)OCCCN(Cc1ccccc1)c1ccccc1. The summed E-state index contributed by atoms with van der Waals surface area (Å²) < 4.78 is 5.04. The van der Waals surface area contributed by atoms with Gasteiger partial charge in [-0.15, -0.1) is 0 Å². The van der Waals surface area contributed by atoms with Crippen molar-refractivity contribution in [3.8, 4) is 0 Å². The number of hydrogen-bond donors (Lipinski definition) is 0. The minimum absolute atomic E-state index is 0.366. The van der Waals surface area contributed by atoms with Crippen LogP contribution in [0.15, 0.2) is 73.3 Å². The van der Waals surface area contributed by atoms with Crippen LogP contribution in [0.5, 0.6) is 0 Å². The van der Waals surface area contributed by atoms with Crippen LogP contribution >= 0.6 is 0 Å². The number of carbonyl (C=O) groups is 1. The third-order valence-electron chi connectivity index (χ3n) is 3.32. The fraction of sp³-hybridized carbons (Fsp3) is 0.211. The van der Waals surface area contributed by atoms with E-state index in [1.54, 1.807) is 0 Å². The second-order valence-corrected chi connectivity index (χ2v) is 4.97. The number of rotatable bonds is 8. The van der Waals surface area contributed by atoms with Crippen LogP contribution in [0.1, 0.15) is 12.0 Å². The molecule has 0 atom stereocenters. The predicted octanol–water partition coefficient (Wildman–Crippen LogP) is 3.81. The van der Waals surface area contributed by atoms with Crippen LogP contribution in [0.3, 0.4) is 0 Å². The first-order valence-corrected chi connectivity index (χ1v) is 7.42. The maximum absolute atomic E-state index is 11.1. The van der Waals surface area contributed by atoms with E-state index in [4.69, 9.17) is 4.74 Å². The Morgan fingerprint density at radius 1 is 1.05 bits per heavy atom. The molecule has 0 heterocycles. The first-order chi connectivity index (χ1) is 10.8. The van der Waals surface area contributed by atoms with Crippen molar-refractivity contribution in [3.63, 3.8) is 0 Å². The van der Waals surface area contributed by atoms with Crippen molar-refractivity contribution >= 4 is 11.7 Å². The number of esters is 1. The maximum Gasteiger partial charge on any atom is 0.330 e. The van der Waals surface area contributed by atoms with Gasteiger partial charge in [0.1, 0.15) is 0 Å². The van der Waals surface area contributed by atoms with E-state index in [-0.39, 0.29) is 5.97 Å². The first kappa shape index (κ1) is 15.8. The Balaban J connectivity index is 1.96. The largest absolute Gasteiger partial charge is 0.462 e. The summed E-state index contributed by atoms with van der Waals surface area (Å²) in [6.07, 6.45) is 1.97. The zero-order chi connectivity index (χ0) is 15.6. The second kappa shape index (κ2) is 8.67. The molecule has 2 rings (SSSR count). The Morgan fingerprint density at radius 2 is 1.68 bits per heavy atom. The molecule has 0 saturated heterocycles. The molecule has 0 aliphatic heterocycles. The van der Waals surface area contributed by atoms with Crippen molar-refractivity contribution in [1.29, 1.82) is 0 Å². The normalized spacial score (nSPS) is 10.0. The van der Waals surface area contributed by atoms with E-state index in [2.05, 4.69) is 35.7 Å². The number of hydrogen-bond acceptors (Lipinski definition) is 3. The van der Waals surface area contributed by atoms with Crippen molar-refractivity contribution < 1.29 is 9.53 Å². The van der Waals surface area contributed by atoms with E-state index < -0.39 is 0 Å². The number of ether oxygens (including phenoxy) is 1. The lowest BCUT2D eigenvalue weighted by atomic mass is 10.2. The molecule has 0 spiro atoms. The summed E-state index contributed by atoms with van der Waals surface area (Å²) in [5.41, 5.74) is 2.43. The van der Waals surface area contributed by atoms with E-state index in [9.17, 15) is 4.79 Å². The van der Waals surface area contributed by atoms with Crippen LogP contribution in [-0.2, 0) is 16.1 Å². The third-order valence-corrected chi connectivity index (χ3v) is 3.32. The molecule has 0 aromatic heterocycles. The highest BCUT2D eigenvalue weighted by atomic mass is 16.5. The zero-order valence-corrected chi connectivity index (χ0v) is 12.7. The van der Waals surface area contributed by atoms with Crippen molar-refractivity contribution in [3.05, 3.63) is 78.9 Å². The molecular formula is C19H21NO2. The van der Waals surface area contributed by atoms with E-state index in [1.807, 2.05) is 36.4 Å². The highest BCUT2D eigenvalue weighted by molar-refractivity contribution is 5.81. The Bertz CT molecular complexity index is 581. The average Bonchev–Trinajstić information content (AvgIpc) is 2.59. The average molecular weight is 295 g/mol. The van der Waals surface area contributed by atoms with Crippen LogP contribution in [-0.4, -0.2) is 19.1 Å². The summed E-state index contributed by atoms with van der Waals surface area (Å²) in [6.45, 7) is 5.45. The molecule has 3 nitrogen and oxygen atoms in total. The van der Waals surface area contributed by atoms with Gasteiger partial charge in [-0.3, -0.25) is 0 Å². The van der Waals surface area contributed by atoms with Gasteiger partial charge in [0.15, 0.2) is 0 Å². The van der Waals surface area contributed by atoms with Gasteiger partial charge in [-0.25, -0.2) is 4.79 Å². The van der Waals surface area contributed by atoms with Gasteiger partial charge in [0, 0.05) is 24.9 Å². The summed E-state index contributed by atoms with van der Waals surface area (Å²) in [4.78, 5) is 13.4. The number of para-hydroxylation sites is 1. The molecule has 114 valence electrons. The highest BCUT2D eigenvalue weighted by Crippen LogP contribution is 2.17. The molecule has 2 aromatic carbocycles. The fourth-order valence-corrected chi connectivity index (χ4v) is 2.23. The molecule has 22 heavy (non-hydrogen) atoms. The molecule has 0 amide bonds. The molecule has 3 heteroatoms. The van der Waals surface area contributed by atoms with Gasteiger partial charge < -0.3 is 9.64 Å². The van der Waals surface area contributed by atoms with Gasteiger partial charge in [0.25, 0.3) is 0 Å². The fourth-order valence-electron chi connectivity index (χ4n) is 2.23. The smallest absolute Gasteiger partial charge is 0.330 e. The van der Waals surface area contributed by atoms with Crippen LogP contribution < -0.4 is 4.90 Å². The van der Waals surface area contributed by atoms with Gasteiger partial charge in [0.2, 0.25) is 0 Å². The molecule has 2 aromatic rings. The molecule has 0 fully saturated rings. The maximum atomic E-state index is 11.1. The van der Waals surface area contributed by atoms with Crippen LogP contribution in [0.2, 0.25) is 0 Å². The summed E-state index contributed by atoms with van der Waals surface area (Å²) >= 11 is 0. The Hall–Kier alpha value is -2.55. The van der Waals surface area contributed by atoms with E-state index >= 15 is 0 Å². The molecule has 0 aliphatic carbocycles. The van der Waals surface area contributed by atoms with Gasteiger partial charge in [-0.1, -0.05) is 55.1 Å². The van der Waals surface area contributed by atoms with E-state index in [0.29, 0.717) is 6.61 Å². The third kappa shape index (κ3) is 5.09. The molecule has 0 unspecified atom stereocenters. The number of benzene rings is 2. The topological polar surface area (TPSA) is 29.5 Å². The van der Waals surface area contributed by atoms with E-state index in [1.165, 1.54) is 17.3 Å². The highest BCUT2D eigenvalue weighted by Gasteiger charge is 2.07. The summed E-state index contributed by atoms with van der Waals surface area (Å²) in [6, 6.07) is 20.6. The van der Waals surface area contributed by atoms with E-state index in [0.717, 1.165) is 19.5 Å². The summed E-state index contributed by atoms with van der Waals surface area (Å²) in [7, 11) is 0. The van der Waals surface area contributed by atoms with Gasteiger partial charge in [-0.05, 0) is 24.1 Å². The summed E-state index contributed by atoms with van der Waals surface area (Å²) in [5.74, 6) is -0.366. The van der Waals surface area contributed by atoms with Crippen LogP contribution in [0.4, 0.5) is 5.69 Å². The first-order valence-electron chi connectivity index (χ1n) is 7.42. The lowest BCUT2D eigenvalue weighted by molar-refractivity contribution is -0.137. The molecular weight excluding hydrogens is 274 g/mol. The van der Waals surface area contributed by atoms with Crippen LogP contribution in [0.25, 0.3) is 0 Å². The quantitative estimate of drug-likeness (QED) is 0.421. The lowest BCUT2D eigenvalue weighted by Crippen LogP contribution is -2.25. The number of nitrogens with zero attached hydrogens (tertiary/aromatic N) is 1. The van der Waals surface area contributed by atoms with Gasteiger partial charge in [0.05, 0.1) is 6.61 Å². The Labute approximate surface area is 131 Å². The molecule has 0 saturated carbocycles. The van der Waals surface area contributed by atoms with Crippen molar-refractivity contribution in [2.24, 2.45) is 0 Å². The second-order valence-electron chi connectivity index (χ2n) is 4.97. The molecule has 0 N–H and O–H groups in total. The van der Waals surface area contributed by atoms with Crippen molar-refractivity contribution in [2.45, 2.75) is 13.0 Å². The molecule has 0 bridgehead atoms. The van der Waals surface area contributed by atoms with Crippen LogP contribution in [0, 0.1) is 0 Å². The number of anilines is 1. The lowest BCUT2D eigenvalue weighted by Gasteiger charge is -2.25. The Morgan fingerprint density at radius 3 is 2.32 bits per heavy atom. The van der Waals surface area contributed by atoms with Crippen molar-refractivity contribution in [1.82, 2.24) is 0 Å². The Kier molecular flexibility index (Phi) is 6.24. The minimum Gasteiger partial charge on any atom is -0.462 e. The number of carbonyl (C=O) groups excluding carboxylic acids is 1. The molecule has 0 radical (unpaired) electrons. The summed E-state index contributed by atoms with van der Waals surface area (Å²) in [5, 5.41) is 0. The monoisotopic (exact) mass is 295 g/mol. The zero-order valence-electron chi connectivity index (χ0n) is 12.7. The van der Waals surface area contributed by atoms with Gasteiger partial charge >= 0.3 is 5.97 Å². The van der Waals surface area contributed by atoms with Crippen molar-refractivity contribution in [2.75, 3.05) is 18.1 Å². The van der Waals surface area contributed by atoms with Gasteiger partial charge in [-0.2, -0.15) is 0 Å². The predicted molar refractivity (Wildman–Crippen MR) is 89.7 cm³/mol. The standard InChI is InChI=1S/C19H21NO2/c1-2-19(21)22-15-9-14-20(18-12-7-4-8-13-18)16-17-10-5-3-6-11-17/h2-8,10-13H,1,9,14-16H2. The molecule has 0 aliphatic rings.